The Kier molecular flexibility index (Phi) is 5.74. The zero-order chi connectivity index (χ0) is 11.1. The normalized spacial score (nSPS) is 11.9. The van der Waals surface area contributed by atoms with Crippen molar-refractivity contribution in [1.29, 1.82) is 0 Å². The van der Waals surface area contributed by atoms with Gasteiger partial charge in [-0.3, -0.25) is 0 Å². The smallest absolute Gasteiger partial charge is 0.0931 e. The number of nitrogens with one attached hydrogen (secondary N) is 1. The van der Waals surface area contributed by atoms with Crippen molar-refractivity contribution in [1.82, 2.24) is 5.32 Å². The van der Waals surface area contributed by atoms with Crippen LogP contribution >= 0.6 is 22.9 Å². The molecule has 4 heteroatoms. The van der Waals surface area contributed by atoms with Crippen molar-refractivity contribution in [2.45, 2.75) is 25.9 Å². The van der Waals surface area contributed by atoms with E-state index in [1.54, 1.807) is 18.3 Å². The van der Waals surface area contributed by atoms with Crippen LogP contribution in [0.25, 0.3) is 0 Å². The molecule has 1 atom stereocenters. The number of hydrogen-bond acceptors (Lipinski definition) is 3. The Hall–Kier alpha value is -0.530. The molecule has 0 aliphatic rings. The summed E-state index contributed by atoms with van der Waals surface area (Å²) in [5.41, 5.74) is 0. The van der Waals surface area contributed by atoms with Crippen LogP contribution < -0.4 is 5.32 Å². The summed E-state index contributed by atoms with van der Waals surface area (Å²) in [6.45, 7) is 2.63. The first-order valence-corrected chi connectivity index (χ1v) is 5.93. The van der Waals surface area contributed by atoms with Crippen molar-refractivity contribution in [3.05, 3.63) is 21.3 Å². The predicted molar refractivity (Wildman–Crippen MR) is 65.1 cm³/mol. The second-order valence-electron chi connectivity index (χ2n) is 3.10. The van der Waals surface area contributed by atoms with Gasteiger partial charge in [0.1, 0.15) is 0 Å². The summed E-state index contributed by atoms with van der Waals surface area (Å²) >= 11 is 7.36. The van der Waals surface area contributed by atoms with Gasteiger partial charge in [-0.2, -0.15) is 0 Å². The van der Waals surface area contributed by atoms with E-state index in [0.29, 0.717) is 6.42 Å². The van der Waals surface area contributed by atoms with Crippen molar-refractivity contribution in [3.8, 4) is 11.8 Å². The molecule has 82 valence electrons. The summed E-state index contributed by atoms with van der Waals surface area (Å²) in [5.74, 6) is 5.76. The molecule has 0 fully saturated rings. The fourth-order valence-electron chi connectivity index (χ4n) is 1.12. The molecule has 1 rings (SSSR count). The van der Waals surface area contributed by atoms with E-state index in [1.807, 2.05) is 12.1 Å². The molecule has 1 aromatic rings. The molecule has 0 unspecified atom stereocenters. The fourth-order valence-corrected chi connectivity index (χ4v) is 2.16. The Morgan fingerprint density at radius 3 is 2.93 bits per heavy atom. The molecule has 0 saturated heterocycles. The summed E-state index contributed by atoms with van der Waals surface area (Å²) in [7, 11) is 0. The van der Waals surface area contributed by atoms with Crippen LogP contribution in [0.15, 0.2) is 12.1 Å². The first kappa shape index (κ1) is 12.5. The van der Waals surface area contributed by atoms with E-state index in [9.17, 15) is 0 Å². The van der Waals surface area contributed by atoms with Crippen LogP contribution in [0.1, 0.15) is 18.2 Å². The van der Waals surface area contributed by atoms with Gasteiger partial charge >= 0.3 is 0 Å². The van der Waals surface area contributed by atoms with Crippen molar-refractivity contribution in [3.63, 3.8) is 0 Å². The molecular weight excluding hydrogens is 230 g/mol. The molecule has 0 amide bonds. The lowest BCUT2D eigenvalue weighted by Crippen LogP contribution is -2.31. The quantitative estimate of drug-likeness (QED) is 0.778. The van der Waals surface area contributed by atoms with Crippen molar-refractivity contribution >= 4 is 22.9 Å². The molecule has 0 spiro atoms. The number of aliphatic hydroxyl groups is 1. The summed E-state index contributed by atoms with van der Waals surface area (Å²) in [4.78, 5) is 1.17. The minimum Gasteiger partial charge on any atom is -0.395 e. The maximum Gasteiger partial charge on any atom is 0.0931 e. The van der Waals surface area contributed by atoms with Gasteiger partial charge in [-0.1, -0.05) is 11.6 Å². The highest BCUT2D eigenvalue weighted by molar-refractivity contribution is 7.16. The fraction of sp³-hybridized carbons (Fsp3) is 0.455. The highest BCUT2D eigenvalue weighted by Gasteiger charge is 2.05. The number of halogens is 1. The van der Waals surface area contributed by atoms with Crippen molar-refractivity contribution in [2.75, 3.05) is 6.61 Å². The van der Waals surface area contributed by atoms with Crippen LogP contribution in [0.3, 0.4) is 0 Å². The molecule has 1 aromatic heterocycles. The second kappa shape index (κ2) is 6.86. The van der Waals surface area contributed by atoms with Gasteiger partial charge in [-0.05, 0) is 19.1 Å². The zero-order valence-electron chi connectivity index (χ0n) is 8.59. The van der Waals surface area contributed by atoms with Gasteiger partial charge in [0.15, 0.2) is 0 Å². The maximum absolute atomic E-state index is 9.08. The Labute approximate surface area is 99.3 Å². The molecule has 0 radical (unpaired) electrons. The number of aliphatic hydroxyl groups excluding tert-OH is 1. The predicted octanol–water partition coefficient (Wildman–Crippen LogP) is 2.27. The van der Waals surface area contributed by atoms with Crippen LogP contribution in [0.4, 0.5) is 0 Å². The molecule has 0 bridgehead atoms. The molecule has 0 saturated carbocycles. The molecule has 0 aliphatic carbocycles. The van der Waals surface area contributed by atoms with Crippen LogP contribution in [0, 0.1) is 11.8 Å². The Balaban J connectivity index is 2.36. The third-order valence-corrected chi connectivity index (χ3v) is 3.17. The molecule has 1 heterocycles. The summed E-state index contributed by atoms with van der Waals surface area (Å²) in [6, 6.07) is 3.90. The monoisotopic (exact) mass is 243 g/mol. The molecule has 15 heavy (non-hydrogen) atoms. The van der Waals surface area contributed by atoms with Gasteiger partial charge < -0.3 is 10.4 Å². The summed E-state index contributed by atoms with van der Waals surface area (Å²) in [6.07, 6.45) is 0.673. The van der Waals surface area contributed by atoms with E-state index < -0.39 is 0 Å². The van der Waals surface area contributed by atoms with E-state index in [2.05, 4.69) is 17.2 Å². The highest BCUT2D eigenvalue weighted by Crippen LogP contribution is 2.21. The minimum atomic E-state index is 0.0401. The van der Waals surface area contributed by atoms with Gasteiger partial charge in [0.25, 0.3) is 0 Å². The second-order valence-corrected chi connectivity index (χ2v) is 4.90. The first-order valence-electron chi connectivity index (χ1n) is 4.74. The Bertz CT molecular complexity index is 353. The Morgan fingerprint density at radius 2 is 2.40 bits per heavy atom. The van der Waals surface area contributed by atoms with Crippen molar-refractivity contribution < 1.29 is 5.11 Å². The number of thiophene rings is 1. The molecule has 2 nitrogen and oxygen atoms in total. The zero-order valence-corrected chi connectivity index (χ0v) is 10.2. The van der Waals surface area contributed by atoms with E-state index in [4.69, 9.17) is 16.7 Å². The van der Waals surface area contributed by atoms with E-state index in [1.165, 1.54) is 4.88 Å². The average Bonchev–Trinajstić information content (AvgIpc) is 2.65. The number of hydrogen-bond donors (Lipinski definition) is 2. The molecule has 0 aromatic carbocycles. The standard InChI is InChI=1S/C11H14ClNOS/c1-2-3-4-9(8-14)13-7-10-5-6-11(12)15-10/h5-6,9,13-14H,4,7-8H2,1H3/t9-/m0/s1. The van der Waals surface area contributed by atoms with Crippen LogP contribution in [-0.4, -0.2) is 17.8 Å². The highest BCUT2D eigenvalue weighted by atomic mass is 35.5. The van der Waals surface area contributed by atoms with E-state index in [0.717, 1.165) is 10.9 Å². The average molecular weight is 244 g/mol. The van der Waals surface area contributed by atoms with E-state index in [-0.39, 0.29) is 12.6 Å². The van der Waals surface area contributed by atoms with Gasteiger partial charge in [-0.25, -0.2) is 0 Å². The topological polar surface area (TPSA) is 32.3 Å². The first-order chi connectivity index (χ1) is 7.26. The number of rotatable bonds is 5. The third kappa shape index (κ3) is 4.67. The third-order valence-electron chi connectivity index (χ3n) is 1.94. The lowest BCUT2D eigenvalue weighted by atomic mass is 10.2. The SMILES string of the molecule is CC#CC[C@@H](CO)NCc1ccc(Cl)s1. The largest absolute Gasteiger partial charge is 0.395 e. The van der Waals surface area contributed by atoms with Gasteiger partial charge in [0.05, 0.1) is 10.9 Å². The van der Waals surface area contributed by atoms with Crippen molar-refractivity contribution in [2.24, 2.45) is 0 Å². The lowest BCUT2D eigenvalue weighted by molar-refractivity contribution is 0.244. The Morgan fingerprint density at radius 1 is 1.60 bits per heavy atom. The van der Waals surface area contributed by atoms with Gasteiger partial charge in [0, 0.05) is 23.9 Å². The lowest BCUT2D eigenvalue weighted by Gasteiger charge is -2.12. The summed E-state index contributed by atoms with van der Waals surface area (Å²) in [5, 5.41) is 12.3. The summed E-state index contributed by atoms with van der Waals surface area (Å²) < 4.78 is 0.792. The molecule has 2 N–H and O–H groups in total. The van der Waals surface area contributed by atoms with Gasteiger partial charge in [0.2, 0.25) is 0 Å². The minimum absolute atomic E-state index is 0.0401. The van der Waals surface area contributed by atoms with Crippen LogP contribution in [0.2, 0.25) is 4.34 Å². The maximum atomic E-state index is 9.08. The van der Waals surface area contributed by atoms with Crippen LogP contribution in [0.5, 0.6) is 0 Å². The molecular formula is C11H14ClNOS. The molecule has 0 aliphatic heterocycles. The van der Waals surface area contributed by atoms with Gasteiger partial charge in [-0.15, -0.1) is 23.2 Å². The van der Waals surface area contributed by atoms with E-state index >= 15 is 0 Å². The van der Waals surface area contributed by atoms with Crippen LogP contribution in [-0.2, 0) is 6.54 Å².